The number of halogens is 4. The maximum absolute atomic E-state index is 12.9. The van der Waals surface area contributed by atoms with Crippen LogP contribution in [0.25, 0.3) is 0 Å². The van der Waals surface area contributed by atoms with Crippen molar-refractivity contribution in [2.24, 2.45) is 0 Å². The lowest BCUT2D eigenvalue weighted by Crippen LogP contribution is -2.47. The highest BCUT2D eigenvalue weighted by Crippen LogP contribution is 2.28. The smallest absolute Gasteiger partial charge is 0.242 e. The normalized spacial score (nSPS) is 11.8. The molecule has 1 N–H and O–H groups in total. The molecular weight excluding hydrogens is 474 g/mol. The van der Waals surface area contributed by atoms with Crippen molar-refractivity contribution in [1.82, 2.24) is 10.2 Å². The van der Waals surface area contributed by atoms with E-state index in [1.54, 1.807) is 37.3 Å². The zero-order valence-corrected chi connectivity index (χ0v) is 19.7. The van der Waals surface area contributed by atoms with Crippen LogP contribution in [0.2, 0.25) is 20.1 Å². The molecule has 0 fully saturated rings. The highest BCUT2D eigenvalue weighted by atomic mass is 35.5. The first-order valence-electron chi connectivity index (χ1n) is 8.70. The van der Waals surface area contributed by atoms with Crippen molar-refractivity contribution in [1.29, 1.82) is 0 Å². The molecule has 2 aromatic rings. The van der Waals surface area contributed by atoms with E-state index >= 15 is 0 Å². The fraction of sp³-hybridized carbons (Fsp3) is 0.300. The molecular formula is C20H20Cl4N2O2S. The summed E-state index contributed by atoms with van der Waals surface area (Å²) >= 11 is 25.9. The third kappa shape index (κ3) is 6.69. The van der Waals surface area contributed by atoms with Gasteiger partial charge in [-0.2, -0.15) is 0 Å². The molecule has 2 aromatic carbocycles. The van der Waals surface area contributed by atoms with E-state index in [0.717, 1.165) is 5.56 Å². The maximum atomic E-state index is 12.9. The summed E-state index contributed by atoms with van der Waals surface area (Å²) in [7, 11) is 1.53. The maximum Gasteiger partial charge on any atom is 0.242 e. The molecule has 4 nitrogen and oxygen atoms in total. The predicted octanol–water partition coefficient (Wildman–Crippen LogP) is 5.70. The molecule has 9 heteroatoms. The number of carbonyl (C=O) groups is 2. The summed E-state index contributed by atoms with van der Waals surface area (Å²) in [5.74, 6) is 0.305. The van der Waals surface area contributed by atoms with Crippen LogP contribution >= 0.6 is 58.2 Å². The van der Waals surface area contributed by atoms with Crippen LogP contribution in [0.4, 0.5) is 0 Å². The number of hydrogen-bond acceptors (Lipinski definition) is 3. The standard InChI is InChI=1S/C20H20Cl4N2O2S/c1-12(20(28)25-2)26(9-14-15(21)4-3-5-16(14)22)19(27)11-29-10-13-6-7-17(23)18(24)8-13/h3-8,12H,9-11H2,1-2H3,(H,25,28)/t12-/m0/s1. The van der Waals surface area contributed by atoms with Gasteiger partial charge in [-0.3, -0.25) is 9.59 Å². The number of carbonyl (C=O) groups excluding carboxylic acids is 2. The van der Waals surface area contributed by atoms with Crippen LogP contribution in [-0.4, -0.2) is 35.6 Å². The SMILES string of the molecule is CNC(=O)[C@H](C)N(Cc1c(Cl)cccc1Cl)C(=O)CSCc1ccc(Cl)c(Cl)c1. The van der Waals surface area contributed by atoms with E-state index in [-0.39, 0.29) is 24.1 Å². The number of likely N-dealkylation sites (N-methyl/N-ethyl adjacent to an activating group) is 1. The minimum absolute atomic E-state index is 0.138. The van der Waals surface area contributed by atoms with Gasteiger partial charge in [0, 0.05) is 35.0 Å². The number of nitrogens with one attached hydrogen (secondary N) is 1. The quantitative estimate of drug-likeness (QED) is 0.513. The van der Waals surface area contributed by atoms with Gasteiger partial charge in [0.25, 0.3) is 0 Å². The van der Waals surface area contributed by atoms with Crippen LogP contribution in [0.5, 0.6) is 0 Å². The summed E-state index contributed by atoms with van der Waals surface area (Å²) in [4.78, 5) is 26.6. The van der Waals surface area contributed by atoms with Gasteiger partial charge in [-0.25, -0.2) is 0 Å². The van der Waals surface area contributed by atoms with Gasteiger partial charge in [0.05, 0.1) is 15.8 Å². The van der Waals surface area contributed by atoms with Gasteiger partial charge in [0.15, 0.2) is 0 Å². The average Bonchev–Trinajstić information content (AvgIpc) is 2.69. The predicted molar refractivity (Wildman–Crippen MR) is 123 cm³/mol. The zero-order valence-electron chi connectivity index (χ0n) is 15.8. The number of nitrogens with zero attached hydrogens (tertiary/aromatic N) is 1. The number of rotatable bonds is 8. The molecule has 1 atom stereocenters. The van der Waals surface area contributed by atoms with Crippen molar-refractivity contribution in [3.8, 4) is 0 Å². The van der Waals surface area contributed by atoms with E-state index in [2.05, 4.69) is 5.32 Å². The first-order chi connectivity index (χ1) is 13.7. The molecule has 2 amide bonds. The highest BCUT2D eigenvalue weighted by molar-refractivity contribution is 7.99. The summed E-state index contributed by atoms with van der Waals surface area (Å²) in [5.41, 5.74) is 1.56. The second-order valence-corrected chi connectivity index (χ2v) is 8.87. The molecule has 0 aromatic heterocycles. The van der Waals surface area contributed by atoms with Crippen molar-refractivity contribution in [3.05, 3.63) is 67.6 Å². The molecule has 29 heavy (non-hydrogen) atoms. The van der Waals surface area contributed by atoms with Gasteiger partial charge < -0.3 is 10.2 Å². The summed E-state index contributed by atoms with van der Waals surface area (Å²) in [6.07, 6.45) is 0. The average molecular weight is 494 g/mol. The molecule has 2 rings (SSSR count). The largest absolute Gasteiger partial charge is 0.357 e. The number of hydrogen-bond donors (Lipinski definition) is 1. The Bertz CT molecular complexity index is 875. The molecule has 0 bridgehead atoms. The minimum Gasteiger partial charge on any atom is -0.357 e. The molecule has 0 aliphatic rings. The Labute approximate surface area is 194 Å². The van der Waals surface area contributed by atoms with Gasteiger partial charge >= 0.3 is 0 Å². The van der Waals surface area contributed by atoms with Gasteiger partial charge in [-0.15, -0.1) is 11.8 Å². The van der Waals surface area contributed by atoms with E-state index in [1.165, 1.54) is 23.7 Å². The molecule has 0 unspecified atom stereocenters. The Balaban J connectivity index is 2.11. The fourth-order valence-corrected chi connectivity index (χ4v) is 4.31. The van der Waals surface area contributed by atoms with Crippen LogP contribution in [0, 0.1) is 0 Å². The lowest BCUT2D eigenvalue weighted by molar-refractivity contribution is -0.138. The Morgan fingerprint density at radius 3 is 2.28 bits per heavy atom. The third-order valence-corrected chi connectivity index (χ3v) is 6.72. The van der Waals surface area contributed by atoms with Gasteiger partial charge in [0.2, 0.25) is 11.8 Å². The Morgan fingerprint density at radius 1 is 1.03 bits per heavy atom. The lowest BCUT2D eigenvalue weighted by Gasteiger charge is -2.29. The molecule has 0 spiro atoms. The molecule has 156 valence electrons. The third-order valence-electron chi connectivity index (χ3n) is 4.28. The van der Waals surface area contributed by atoms with Crippen LogP contribution < -0.4 is 5.32 Å². The number of amides is 2. The molecule has 0 radical (unpaired) electrons. The lowest BCUT2D eigenvalue weighted by atomic mass is 10.1. The summed E-state index contributed by atoms with van der Waals surface area (Å²) in [6, 6.07) is 9.82. The topological polar surface area (TPSA) is 49.4 Å². The first-order valence-corrected chi connectivity index (χ1v) is 11.4. The van der Waals surface area contributed by atoms with Crippen LogP contribution in [0.1, 0.15) is 18.1 Å². The van der Waals surface area contributed by atoms with Crippen molar-refractivity contribution in [2.45, 2.75) is 25.3 Å². The molecule has 0 saturated heterocycles. The van der Waals surface area contributed by atoms with Crippen molar-refractivity contribution in [3.63, 3.8) is 0 Å². The molecule has 0 aliphatic carbocycles. The van der Waals surface area contributed by atoms with Crippen molar-refractivity contribution < 1.29 is 9.59 Å². The second kappa shape index (κ2) is 11.3. The Hall–Kier alpha value is -1.11. The molecule has 0 heterocycles. The number of benzene rings is 2. The minimum atomic E-state index is -0.676. The zero-order chi connectivity index (χ0) is 21.6. The van der Waals surface area contributed by atoms with Crippen LogP contribution in [0.15, 0.2) is 36.4 Å². The Morgan fingerprint density at radius 2 is 1.69 bits per heavy atom. The van der Waals surface area contributed by atoms with Crippen LogP contribution in [0.3, 0.4) is 0 Å². The Kier molecular flexibility index (Phi) is 9.44. The highest BCUT2D eigenvalue weighted by Gasteiger charge is 2.26. The van der Waals surface area contributed by atoms with E-state index in [9.17, 15) is 9.59 Å². The van der Waals surface area contributed by atoms with E-state index in [4.69, 9.17) is 46.4 Å². The fourth-order valence-electron chi connectivity index (χ4n) is 2.61. The van der Waals surface area contributed by atoms with E-state index < -0.39 is 6.04 Å². The van der Waals surface area contributed by atoms with Crippen molar-refractivity contribution >= 4 is 70.0 Å². The second-order valence-electron chi connectivity index (χ2n) is 6.25. The monoisotopic (exact) mass is 492 g/mol. The summed E-state index contributed by atoms with van der Waals surface area (Å²) in [5, 5.41) is 4.43. The summed E-state index contributed by atoms with van der Waals surface area (Å²) < 4.78 is 0. The van der Waals surface area contributed by atoms with Gasteiger partial charge in [-0.05, 0) is 36.8 Å². The molecule has 0 aliphatic heterocycles. The summed E-state index contributed by atoms with van der Waals surface area (Å²) in [6.45, 7) is 1.81. The van der Waals surface area contributed by atoms with Gasteiger partial charge in [0.1, 0.15) is 6.04 Å². The van der Waals surface area contributed by atoms with Crippen molar-refractivity contribution in [2.75, 3.05) is 12.8 Å². The van der Waals surface area contributed by atoms with E-state index in [0.29, 0.717) is 31.4 Å². The molecule has 0 saturated carbocycles. The number of thioether (sulfide) groups is 1. The van der Waals surface area contributed by atoms with E-state index in [1.807, 2.05) is 6.07 Å². The van der Waals surface area contributed by atoms with Gasteiger partial charge in [-0.1, -0.05) is 58.5 Å². The van der Waals surface area contributed by atoms with Crippen LogP contribution in [-0.2, 0) is 21.9 Å². The first kappa shape index (κ1) is 24.2.